The molecule has 1 aliphatic rings. The summed E-state index contributed by atoms with van der Waals surface area (Å²) in [6, 6.07) is 8.03. The number of hydrogen-bond acceptors (Lipinski definition) is 3. The number of piperidine rings is 1. The minimum Gasteiger partial charge on any atom is -0.497 e. The van der Waals surface area contributed by atoms with Crippen LogP contribution >= 0.6 is 0 Å². The van der Waals surface area contributed by atoms with E-state index in [4.69, 9.17) is 4.74 Å². The van der Waals surface area contributed by atoms with Crippen LogP contribution in [-0.2, 0) is 4.79 Å². The Kier molecular flexibility index (Phi) is 7.10. The lowest BCUT2D eigenvalue weighted by Crippen LogP contribution is -2.62. The van der Waals surface area contributed by atoms with Crippen molar-refractivity contribution >= 4 is 12.0 Å². The van der Waals surface area contributed by atoms with Gasteiger partial charge in [-0.1, -0.05) is 25.5 Å². The van der Waals surface area contributed by atoms with Gasteiger partial charge in [-0.2, -0.15) is 0 Å². The summed E-state index contributed by atoms with van der Waals surface area (Å²) >= 11 is 0. The highest BCUT2D eigenvalue weighted by atomic mass is 16.5. The monoisotopic (exact) mass is 372 g/mol. The molecule has 4 heteroatoms. The van der Waals surface area contributed by atoms with Crippen molar-refractivity contribution in [3.05, 3.63) is 35.9 Å². The van der Waals surface area contributed by atoms with Crippen molar-refractivity contribution < 1.29 is 9.53 Å². The van der Waals surface area contributed by atoms with Crippen molar-refractivity contribution in [2.24, 2.45) is 0 Å². The molecule has 1 aromatic rings. The number of nitrogens with zero attached hydrogens (tertiary/aromatic N) is 1. The number of methoxy groups -OCH3 is 1. The number of rotatable bonds is 7. The van der Waals surface area contributed by atoms with Crippen LogP contribution < -0.4 is 10.1 Å². The van der Waals surface area contributed by atoms with Gasteiger partial charge in [-0.3, -0.25) is 4.79 Å². The maximum atomic E-state index is 13.1. The fraction of sp³-hybridized carbons (Fsp3) is 0.609. The van der Waals surface area contributed by atoms with E-state index >= 15 is 0 Å². The van der Waals surface area contributed by atoms with Gasteiger partial charge in [0.15, 0.2) is 0 Å². The highest BCUT2D eigenvalue weighted by Crippen LogP contribution is 2.32. The van der Waals surface area contributed by atoms with E-state index in [0.717, 1.165) is 43.5 Å². The largest absolute Gasteiger partial charge is 0.497 e. The molecule has 0 aromatic heterocycles. The molecule has 0 aliphatic carbocycles. The van der Waals surface area contributed by atoms with Gasteiger partial charge in [-0.25, -0.2) is 0 Å². The lowest BCUT2D eigenvalue weighted by atomic mass is 9.79. The van der Waals surface area contributed by atoms with Crippen LogP contribution in [0.2, 0.25) is 0 Å². The Hall–Kier alpha value is -1.81. The number of nitrogens with one attached hydrogen (secondary N) is 1. The van der Waals surface area contributed by atoms with E-state index in [1.807, 2.05) is 30.3 Å². The highest BCUT2D eigenvalue weighted by molar-refractivity contribution is 5.92. The summed E-state index contributed by atoms with van der Waals surface area (Å²) in [6.45, 7) is 11.9. The van der Waals surface area contributed by atoms with Gasteiger partial charge in [-0.05, 0) is 70.7 Å². The first-order valence-electron chi connectivity index (χ1n) is 10.1. The first-order valence-corrected chi connectivity index (χ1v) is 10.1. The van der Waals surface area contributed by atoms with Crippen molar-refractivity contribution in [1.29, 1.82) is 0 Å². The number of carbonyl (C=O) groups excluding carboxylic acids is 1. The second-order valence-electron chi connectivity index (χ2n) is 8.95. The molecule has 1 saturated heterocycles. The van der Waals surface area contributed by atoms with E-state index in [9.17, 15) is 4.79 Å². The summed E-state index contributed by atoms with van der Waals surface area (Å²) in [7, 11) is 1.65. The van der Waals surface area contributed by atoms with Crippen LogP contribution in [0.1, 0.15) is 65.9 Å². The second kappa shape index (κ2) is 8.92. The van der Waals surface area contributed by atoms with Crippen molar-refractivity contribution in [2.45, 2.75) is 77.4 Å². The molecule has 0 radical (unpaired) electrons. The molecule has 1 heterocycles. The molecule has 0 atom stereocenters. The number of ether oxygens (including phenoxy) is 1. The average Bonchev–Trinajstić information content (AvgIpc) is 2.57. The van der Waals surface area contributed by atoms with Gasteiger partial charge in [0.1, 0.15) is 5.75 Å². The quantitative estimate of drug-likeness (QED) is 0.709. The lowest BCUT2D eigenvalue weighted by molar-refractivity contribution is -0.130. The molecule has 0 bridgehead atoms. The fourth-order valence-electron chi connectivity index (χ4n) is 4.30. The molecule has 0 spiro atoms. The van der Waals surface area contributed by atoms with Crippen molar-refractivity contribution in [2.75, 3.05) is 13.7 Å². The summed E-state index contributed by atoms with van der Waals surface area (Å²) in [4.78, 5) is 15.2. The second-order valence-corrected chi connectivity index (χ2v) is 8.95. The zero-order valence-electron chi connectivity index (χ0n) is 17.8. The van der Waals surface area contributed by atoms with Crippen LogP contribution in [0.5, 0.6) is 5.75 Å². The minimum atomic E-state index is 0.0215. The Bertz CT molecular complexity index is 648. The van der Waals surface area contributed by atoms with Crippen LogP contribution in [0.15, 0.2) is 30.3 Å². The topological polar surface area (TPSA) is 41.6 Å². The summed E-state index contributed by atoms with van der Waals surface area (Å²) in [5, 5.41) is 3.71. The van der Waals surface area contributed by atoms with Crippen LogP contribution in [0.3, 0.4) is 0 Å². The summed E-state index contributed by atoms with van der Waals surface area (Å²) in [5.41, 5.74) is 1.02. The van der Waals surface area contributed by atoms with Crippen LogP contribution in [-0.4, -0.2) is 41.6 Å². The average molecular weight is 373 g/mol. The number of hydrogen-bond donors (Lipinski definition) is 1. The lowest BCUT2D eigenvalue weighted by Gasteiger charge is -2.49. The van der Waals surface area contributed by atoms with Crippen LogP contribution in [0, 0.1) is 0 Å². The normalized spacial score (nSPS) is 19.2. The SMILES string of the molecule is CCCCN(C(=O)/C=C/c1cccc(OC)c1)C1CC(C)(C)NC(C)(C)C1. The molecule has 150 valence electrons. The molecule has 1 fully saturated rings. The minimum absolute atomic E-state index is 0.0215. The van der Waals surface area contributed by atoms with E-state index in [1.54, 1.807) is 13.2 Å². The highest BCUT2D eigenvalue weighted by Gasteiger charge is 2.40. The van der Waals surface area contributed by atoms with Gasteiger partial charge in [0.25, 0.3) is 0 Å². The van der Waals surface area contributed by atoms with E-state index in [0.29, 0.717) is 0 Å². The van der Waals surface area contributed by atoms with Gasteiger partial charge in [0, 0.05) is 29.7 Å². The van der Waals surface area contributed by atoms with Crippen molar-refractivity contribution in [3.63, 3.8) is 0 Å². The number of amides is 1. The molecular formula is C23H36N2O2. The molecule has 4 nitrogen and oxygen atoms in total. The summed E-state index contributed by atoms with van der Waals surface area (Å²) in [6.07, 6.45) is 7.66. The molecule has 1 aromatic carbocycles. The maximum absolute atomic E-state index is 13.1. The van der Waals surface area contributed by atoms with E-state index in [2.05, 4.69) is 44.8 Å². The molecule has 1 N–H and O–H groups in total. The summed E-state index contributed by atoms with van der Waals surface area (Å²) in [5.74, 6) is 0.902. The van der Waals surface area contributed by atoms with Crippen LogP contribution in [0.4, 0.5) is 0 Å². The summed E-state index contributed by atoms with van der Waals surface area (Å²) < 4.78 is 5.27. The molecule has 0 unspecified atom stereocenters. The smallest absolute Gasteiger partial charge is 0.246 e. The van der Waals surface area contributed by atoms with E-state index in [1.165, 1.54) is 0 Å². The third-order valence-corrected chi connectivity index (χ3v) is 5.16. The molecule has 27 heavy (non-hydrogen) atoms. The predicted octanol–water partition coefficient (Wildman–Crippen LogP) is 4.65. The van der Waals surface area contributed by atoms with Gasteiger partial charge in [0.05, 0.1) is 7.11 Å². The van der Waals surface area contributed by atoms with Gasteiger partial charge in [-0.15, -0.1) is 0 Å². The molecule has 0 saturated carbocycles. The first kappa shape index (κ1) is 21.5. The Morgan fingerprint density at radius 3 is 2.52 bits per heavy atom. The standard InChI is InChI=1S/C23H36N2O2/c1-7-8-14-25(19-16-22(2,3)24-23(4,5)17-19)21(26)13-12-18-10-9-11-20(15-18)27-6/h9-13,15,19,24H,7-8,14,16-17H2,1-6H3/b13-12+. The zero-order chi connectivity index (χ0) is 20.1. The first-order chi connectivity index (χ1) is 12.7. The number of carbonyl (C=O) groups is 1. The molecule has 2 rings (SSSR count). The van der Waals surface area contributed by atoms with Gasteiger partial charge < -0.3 is 15.0 Å². The molecule has 1 aliphatic heterocycles. The maximum Gasteiger partial charge on any atom is 0.246 e. The molecule has 1 amide bonds. The Morgan fingerprint density at radius 2 is 1.93 bits per heavy atom. The Labute approximate surface area is 165 Å². The van der Waals surface area contributed by atoms with E-state index in [-0.39, 0.29) is 23.0 Å². The Balaban J connectivity index is 2.18. The fourth-order valence-corrected chi connectivity index (χ4v) is 4.30. The van der Waals surface area contributed by atoms with Crippen molar-refractivity contribution in [1.82, 2.24) is 10.2 Å². The predicted molar refractivity (Wildman–Crippen MR) is 113 cm³/mol. The molecular weight excluding hydrogens is 336 g/mol. The van der Waals surface area contributed by atoms with Crippen LogP contribution in [0.25, 0.3) is 6.08 Å². The number of benzene rings is 1. The zero-order valence-corrected chi connectivity index (χ0v) is 17.8. The third kappa shape index (κ3) is 6.39. The third-order valence-electron chi connectivity index (χ3n) is 5.16. The Morgan fingerprint density at radius 1 is 1.26 bits per heavy atom. The van der Waals surface area contributed by atoms with E-state index < -0.39 is 0 Å². The van der Waals surface area contributed by atoms with Gasteiger partial charge >= 0.3 is 0 Å². The van der Waals surface area contributed by atoms with Crippen molar-refractivity contribution in [3.8, 4) is 5.75 Å². The van der Waals surface area contributed by atoms with Gasteiger partial charge in [0.2, 0.25) is 5.91 Å². The number of unbranched alkanes of at least 4 members (excludes halogenated alkanes) is 1.